The molecule has 2 aliphatic rings. The molecule has 2 heterocycles. The number of aliphatic carboxylic acids is 1. The lowest BCUT2D eigenvalue weighted by Crippen LogP contribution is -2.40. The zero-order chi connectivity index (χ0) is 16.7. The van der Waals surface area contributed by atoms with Gasteiger partial charge >= 0.3 is 12.1 Å². The van der Waals surface area contributed by atoms with Gasteiger partial charge in [-0.1, -0.05) is 12.1 Å². The second-order valence-corrected chi connectivity index (χ2v) is 5.20. The van der Waals surface area contributed by atoms with Crippen LogP contribution in [0.25, 0.3) is 0 Å². The van der Waals surface area contributed by atoms with Gasteiger partial charge in [-0.05, 0) is 12.1 Å². The fraction of sp³-hybridized carbons (Fsp3) is 0.286. The van der Waals surface area contributed by atoms with E-state index in [-0.39, 0.29) is 24.1 Å². The third-order valence-electron chi connectivity index (χ3n) is 3.80. The normalized spacial score (nSPS) is 23.3. The molecule has 2 aliphatic heterocycles. The van der Waals surface area contributed by atoms with E-state index < -0.39 is 36.0 Å². The van der Waals surface area contributed by atoms with E-state index in [9.17, 15) is 19.2 Å². The first-order valence-electron chi connectivity index (χ1n) is 6.77. The molecule has 120 valence electrons. The Labute approximate surface area is 129 Å². The summed E-state index contributed by atoms with van der Waals surface area (Å²) in [6, 6.07) is 4.91. The topological polar surface area (TPSA) is 124 Å². The van der Waals surface area contributed by atoms with Crippen LogP contribution in [-0.2, 0) is 9.63 Å². The van der Waals surface area contributed by atoms with E-state index in [2.05, 4.69) is 0 Å². The molecule has 3 amide bonds. The van der Waals surface area contributed by atoms with E-state index in [1.165, 1.54) is 12.1 Å². The first-order chi connectivity index (χ1) is 10.9. The number of carbonyl (C=O) groups excluding carboxylic acids is 2. The summed E-state index contributed by atoms with van der Waals surface area (Å²) in [6.07, 6.45) is -2.44. The van der Waals surface area contributed by atoms with Crippen molar-refractivity contribution in [3.05, 3.63) is 35.4 Å². The highest BCUT2D eigenvalue weighted by molar-refractivity contribution is 6.20. The Morgan fingerprint density at radius 1 is 1.09 bits per heavy atom. The number of hydrogen-bond donors (Lipinski definition) is 2. The van der Waals surface area contributed by atoms with Gasteiger partial charge in [-0.25, -0.2) is 9.59 Å². The Kier molecular flexibility index (Phi) is 3.49. The number of hydrogen-bond acceptors (Lipinski definition) is 5. The average molecular weight is 320 g/mol. The zero-order valence-electron chi connectivity index (χ0n) is 11.7. The lowest BCUT2D eigenvalue weighted by atomic mass is 10.1. The van der Waals surface area contributed by atoms with Gasteiger partial charge in [0.05, 0.1) is 17.7 Å². The van der Waals surface area contributed by atoms with Crippen LogP contribution in [0.5, 0.6) is 0 Å². The fourth-order valence-electron chi connectivity index (χ4n) is 2.73. The van der Waals surface area contributed by atoms with Crippen LogP contribution in [0.15, 0.2) is 24.3 Å². The summed E-state index contributed by atoms with van der Waals surface area (Å²) in [5.41, 5.74) is 0.390. The Bertz CT molecular complexity index is 660. The van der Waals surface area contributed by atoms with E-state index in [0.717, 1.165) is 0 Å². The number of carboxylic acid groups (broad SMARTS) is 2. The van der Waals surface area contributed by atoms with Crippen molar-refractivity contribution in [2.75, 3.05) is 6.54 Å². The van der Waals surface area contributed by atoms with Crippen LogP contribution < -0.4 is 0 Å². The number of carboxylic acids is 1. The minimum Gasteiger partial charge on any atom is -0.480 e. The molecule has 1 aromatic rings. The molecule has 0 spiro atoms. The summed E-state index contributed by atoms with van der Waals surface area (Å²) in [4.78, 5) is 52.5. The van der Waals surface area contributed by atoms with Crippen LogP contribution in [0.4, 0.5) is 4.79 Å². The molecule has 0 aliphatic carbocycles. The predicted molar refractivity (Wildman–Crippen MR) is 72.6 cm³/mol. The summed E-state index contributed by atoms with van der Waals surface area (Å²) in [6.45, 7) is -0.236. The second-order valence-electron chi connectivity index (χ2n) is 5.20. The molecule has 2 atom stereocenters. The van der Waals surface area contributed by atoms with Gasteiger partial charge in [0.1, 0.15) is 12.1 Å². The maximum atomic E-state index is 12.2. The van der Waals surface area contributed by atoms with Crippen molar-refractivity contribution in [2.45, 2.75) is 18.6 Å². The highest BCUT2D eigenvalue weighted by Gasteiger charge is 2.44. The zero-order valence-corrected chi connectivity index (χ0v) is 11.7. The van der Waals surface area contributed by atoms with Crippen molar-refractivity contribution in [1.29, 1.82) is 0 Å². The molecule has 0 radical (unpaired) electrons. The maximum absolute atomic E-state index is 12.2. The number of nitrogens with zero attached hydrogens (tertiary/aromatic N) is 2. The number of likely N-dealkylation sites (tertiary alicyclic amines) is 1. The molecule has 1 aromatic carbocycles. The van der Waals surface area contributed by atoms with Crippen LogP contribution in [0.2, 0.25) is 0 Å². The van der Waals surface area contributed by atoms with Crippen molar-refractivity contribution in [2.24, 2.45) is 0 Å². The molecule has 0 aromatic heterocycles. The fourth-order valence-corrected chi connectivity index (χ4v) is 2.73. The maximum Gasteiger partial charge on any atom is 0.408 e. The third-order valence-corrected chi connectivity index (χ3v) is 3.80. The Morgan fingerprint density at radius 2 is 1.65 bits per heavy atom. The third kappa shape index (κ3) is 2.40. The van der Waals surface area contributed by atoms with Gasteiger partial charge in [-0.2, -0.15) is 0 Å². The van der Waals surface area contributed by atoms with Gasteiger partial charge in [0.2, 0.25) is 0 Å². The molecule has 0 saturated carbocycles. The van der Waals surface area contributed by atoms with Gasteiger partial charge in [-0.15, -0.1) is 5.06 Å². The number of amides is 3. The minimum atomic E-state index is -1.40. The Morgan fingerprint density at radius 3 is 2.09 bits per heavy atom. The number of rotatable bonds is 3. The van der Waals surface area contributed by atoms with E-state index in [0.29, 0.717) is 9.96 Å². The van der Waals surface area contributed by atoms with Crippen LogP contribution >= 0.6 is 0 Å². The van der Waals surface area contributed by atoms with Crippen LogP contribution in [-0.4, -0.2) is 62.7 Å². The number of hydroxylamine groups is 2. The van der Waals surface area contributed by atoms with E-state index in [1.807, 2.05) is 0 Å². The van der Waals surface area contributed by atoms with Crippen LogP contribution in [0, 0.1) is 0 Å². The Hall–Kier alpha value is -2.94. The monoisotopic (exact) mass is 320 g/mol. The largest absolute Gasteiger partial charge is 0.480 e. The molecule has 1 fully saturated rings. The molecular weight excluding hydrogens is 308 g/mol. The van der Waals surface area contributed by atoms with Gasteiger partial charge < -0.3 is 10.2 Å². The smallest absolute Gasteiger partial charge is 0.408 e. The number of imide groups is 1. The molecule has 23 heavy (non-hydrogen) atoms. The summed E-state index contributed by atoms with van der Waals surface area (Å²) in [5, 5.41) is 18.6. The van der Waals surface area contributed by atoms with E-state index >= 15 is 0 Å². The summed E-state index contributed by atoms with van der Waals surface area (Å²) in [7, 11) is 0. The first-order valence-corrected chi connectivity index (χ1v) is 6.77. The van der Waals surface area contributed by atoms with Crippen molar-refractivity contribution in [1.82, 2.24) is 9.96 Å². The molecule has 3 rings (SSSR count). The summed E-state index contributed by atoms with van der Waals surface area (Å²) in [5.74, 6) is -2.60. The molecule has 9 heteroatoms. The molecule has 9 nitrogen and oxygen atoms in total. The second kappa shape index (κ2) is 5.36. The van der Waals surface area contributed by atoms with Gasteiger partial charge in [0.25, 0.3) is 11.8 Å². The first kappa shape index (κ1) is 15.0. The van der Waals surface area contributed by atoms with Crippen molar-refractivity contribution < 1.29 is 34.2 Å². The van der Waals surface area contributed by atoms with Gasteiger partial charge in [0.15, 0.2) is 0 Å². The predicted octanol–water partition coefficient (Wildman–Crippen LogP) is 0.420. The van der Waals surface area contributed by atoms with Gasteiger partial charge in [0, 0.05) is 6.42 Å². The lowest BCUT2D eigenvalue weighted by molar-refractivity contribution is -0.142. The number of benzene rings is 1. The van der Waals surface area contributed by atoms with E-state index in [4.69, 9.17) is 15.1 Å². The standard InChI is InChI=1S/C14H12N2O7/c17-11-8-3-1-2-4-9(8)12(18)16(11)23-7-5-10(13(19)20)15(6-7)14(21)22/h1-4,7,10H,5-6H2,(H,19,20)(H,21,22). The highest BCUT2D eigenvalue weighted by Crippen LogP contribution is 2.27. The van der Waals surface area contributed by atoms with Crippen molar-refractivity contribution >= 4 is 23.9 Å². The van der Waals surface area contributed by atoms with Crippen molar-refractivity contribution in [3.63, 3.8) is 0 Å². The Balaban J connectivity index is 1.77. The number of carbonyl (C=O) groups is 4. The molecule has 2 unspecified atom stereocenters. The summed E-state index contributed by atoms with van der Waals surface area (Å²) < 4.78 is 0. The van der Waals surface area contributed by atoms with Crippen LogP contribution in [0.3, 0.4) is 0 Å². The minimum absolute atomic E-state index is 0.144. The molecule has 1 saturated heterocycles. The van der Waals surface area contributed by atoms with Gasteiger partial charge in [-0.3, -0.25) is 19.3 Å². The molecule has 2 N–H and O–H groups in total. The SMILES string of the molecule is O=C(O)C1CC(ON2C(=O)c3ccccc3C2=O)CN1C(=O)O. The van der Waals surface area contributed by atoms with E-state index in [1.54, 1.807) is 12.1 Å². The lowest BCUT2D eigenvalue weighted by Gasteiger charge is -2.18. The number of fused-ring (bicyclic) bond motifs is 1. The van der Waals surface area contributed by atoms with Crippen LogP contribution in [0.1, 0.15) is 27.1 Å². The van der Waals surface area contributed by atoms with Crippen molar-refractivity contribution in [3.8, 4) is 0 Å². The average Bonchev–Trinajstić information content (AvgIpc) is 3.04. The summed E-state index contributed by atoms with van der Waals surface area (Å²) >= 11 is 0. The quantitative estimate of drug-likeness (QED) is 0.773. The highest BCUT2D eigenvalue weighted by atomic mass is 16.7. The molecular formula is C14H12N2O7. The molecule has 0 bridgehead atoms.